The van der Waals surface area contributed by atoms with E-state index in [9.17, 15) is 19.2 Å². The van der Waals surface area contributed by atoms with E-state index < -0.39 is 36.1 Å². The Morgan fingerprint density at radius 3 is 2.29 bits per heavy atom. The van der Waals surface area contributed by atoms with Crippen molar-refractivity contribution in [3.8, 4) is 33.6 Å². The van der Waals surface area contributed by atoms with E-state index in [1.807, 2.05) is 48.5 Å². The normalized spacial score (nSPS) is 19.3. The molecule has 0 saturated carbocycles. The van der Waals surface area contributed by atoms with E-state index in [1.54, 1.807) is 35.2 Å². The molecule has 3 aliphatic heterocycles. The number of alkyl carbamates (subject to hydrolysis) is 2. The monoisotopic (exact) mass is 760 g/mol. The van der Waals surface area contributed by atoms with Gasteiger partial charge in [0.05, 0.1) is 55.8 Å². The van der Waals surface area contributed by atoms with E-state index in [0.29, 0.717) is 54.3 Å². The van der Waals surface area contributed by atoms with Crippen LogP contribution in [0, 0.1) is 5.82 Å². The third-order valence-electron chi connectivity index (χ3n) is 10.9. The number of benzene rings is 3. The van der Waals surface area contributed by atoms with Crippen molar-refractivity contribution in [3.63, 3.8) is 0 Å². The Morgan fingerprint density at radius 2 is 1.54 bits per heavy atom. The average Bonchev–Trinajstić information content (AvgIpc) is 4.04. The zero-order chi connectivity index (χ0) is 39.1. The topological polar surface area (TPSA) is 175 Å². The predicted molar refractivity (Wildman–Crippen MR) is 204 cm³/mol. The summed E-state index contributed by atoms with van der Waals surface area (Å²) in [7, 11) is 2.52. The van der Waals surface area contributed by atoms with Crippen molar-refractivity contribution in [1.29, 1.82) is 0 Å². The molecule has 0 bridgehead atoms. The summed E-state index contributed by atoms with van der Waals surface area (Å²) >= 11 is 0. The molecule has 14 nitrogen and oxygen atoms in total. The van der Waals surface area contributed by atoms with Gasteiger partial charge in [-0.2, -0.15) is 0 Å². The summed E-state index contributed by atoms with van der Waals surface area (Å²) < 4.78 is 25.2. The quantitative estimate of drug-likeness (QED) is 0.149. The van der Waals surface area contributed by atoms with Gasteiger partial charge < -0.3 is 35.0 Å². The molecule has 0 spiro atoms. The highest BCUT2D eigenvalue weighted by Crippen LogP contribution is 2.45. The largest absolute Gasteiger partial charge is 0.453 e. The molecule has 5 aromatic rings. The van der Waals surface area contributed by atoms with Gasteiger partial charge in [0.2, 0.25) is 11.8 Å². The van der Waals surface area contributed by atoms with Crippen LogP contribution in [0.2, 0.25) is 0 Å². The first-order valence-corrected chi connectivity index (χ1v) is 18.6. The molecule has 1 fully saturated rings. The summed E-state index contributed by atoms with van der Waals surface area (Å²) in [4.78, 5) is 70.0. The lowest BCUT2D eigenvalue weighted by Crippen LogP contribution is -2.48. The standard InChI is InChI=1S/C41H41FN8O6/c1-22(45-40(53)55-2)38(51)49-17-5-8-33(49)36-43-20-31(46-36)24-11-9-23(10-12-24)26-13-15-28(29(42)18-26)32-21-44-37(47-32)34-19-27-7-4-6-25-14-16-30(48-41(54)56-3)39(52)50(34)35(25)27/h4,6-7,9-13,15,18,20-22,30,33-34H,5,8,14,16-17,19H2,1-3H3,(H,43,46)(H,44,47)(H,45,53)(H,48,54)/t22?,30-,33-,34-/m0/s1. The second-order valence-electron chi connectivity index (χ2n) is 14.3. The second kappa shape index (κ2) is 15.0. The fourth-order valence-electron chi connectivity index (χ4n) is 8.10. The van der Waals surface area contributed by atoms with Gasteiger partial charge in [-0.25, -0.2) is 23.9 Å². The number of nitrogens with zero attached hydrogens (tertiary/aromatic N) is 4. The maximum atomic E-state index is 15.8. The first-order valence-electron chi connectivity index (χ1n) is 18.6. The van der Waals surface area contributed by atoms with E-state index in [0.717, 1.165) is 46.5 Å². The number of aryl methyl sites for hydroxylation is 1. The van der Waals surface area contributed by atoms with E-state index >= 15 is 4.39 Å². The molecule has 15 heteroatoms. The van der Waals surface area contributed by atoms with Crippen LogP contribution in [0.5, 0.6) is 0 Å². The van der Waals surface area contributed by atoms with Gasteiger partial charge in [-0.05, 0) is 72.6 Å². The number of nitrogens with one attached hydrogen (secondary N) is 4. The summed E-state index contributed by atoms with van der Waals surface area (Å²) in [5.74, 6) is 0.303. The van der Waals surface area contributed by atoms with Crippen molar-refractivity contribution in [2.45, 2.75) is 63.2 Å². The maximum absolute atomic E-state index is 15.8. The first-order chi connectivity index (χ1) is 27.1. The summed E-state index contributed by atoms with van der Waals surface area (Å²) in [6, 6.07) is 16.5. The van der Waals surface area contributed by atoms with Crippen LogP contribution in [-0.2, 0) is 31.9 Å². The minimum absolute atomic E-state index is 0.205. The van der Waals surface area contributed by atoms with Gasteiger partial charge in [0.25, 0.3) is 0 Å². The average molecular weight is 761 g/mol. The van der Waals surface area contributed by atoms with Crippen molar-refractivity contribution >= 4 is 29.7 Å². The van der Waals surface area contributed by atoms with Gasteiger partial charge in [-0.15, -0.1) is 0 Å². The number of hydrogen-bond acceptors (Lipinski definition) is 8. The number of carbonyl (C=O) groups excluding carboxylic acids is 4. The number of carbonyl (C=O) groups is 4. The van der Waals surface area contributed by atoms with Gasteiger partial charge in [0, 0.05) is 18.5 Å². The fourth-order valence-corrected chi connectivity index (χ4v) is 8.10. The van der Waals surface area contributed by atoms with E-state index in [-0.39, 0.29) is 17.9 Å². The molecule has 4 atom stereocenters. The number of ether oxygens (including phenoxy) is 2. The molecule has 0 radical (unpaired) electrons. The van der Waals surface area contributed by atoms with Gasteiger partial charge in [-0.1, -0.05) is 48.5 Å². The number of methoxy groups -OCH3 is 2. The van der Waals surface area contributed by atoms with Crippen LogP contribution < -0.4 is 15.5 Å². The molecule has 56 heavy (non-hydrogen) atoms. The number of para-hydroxylation sites is 1. The molecule has 8 rings (SSSR count). The summed E-state index contributed by atoms with van der Waals surface area (Å²) in [5, 5.41) is 5.22. The van der Waals surface area contributed by atoms with Gasteiger partial charge in [0.1, 0.15) is 29.5 Å². The number of imidazole rings is 2. The Kier molecular flexibility index (Phi) is 9.74. The molecule has 0 aliphatic carbocycles. The summed E-state index contributed by atoms with van der Waals surface area (Å²) in [5.41, 5.74) is 6.87. The fraction of sp³-hybridized carbons (Fsp3) is 0.317. The van der Waals surface area contributed by atoms with Crippen LogP contribution in [0.1, 0.15) is 61.0 Å². The molecular weight excluding hydrogens is 719 g/mol. The number of anilines is 1. The van der Waals surface area contributed by atoms with Gasteiger partial charge in [-0.3, -0.25) is 14.5 Å². The molecule has 288 valence electrons. The zero-order valence-electron chi connectivity index (χ0n) is 31.1. The first kappa shape index (κ1) is 36.5. The summed E-state index contributed by atoms with van der Waals surface area (Å²) in [6.45, 7) is 2.19. The highest BCUT2D eigenvalue weighted by atomic mass is 19.1. The zero-order valence-corrected chi connectivity index (χ0v) is 31.1. The van der Waals surface area contributed by atoms with Crippen LogP contribution in [0.25, 0.3) is 33.6 Å². The van der Waals surface area contributed by atoms with Crippen molar-refractivity contribution in [2.75, 3.05) is 25.7 Å². The van der Waals surface area contributed by atoms with Gasteiger partial charge in [0.15, 0.2) is 0 Å². The third kappa shape index (κ3) is 6.73. The lowest BCUT2D eigenvalue weighted by Gasteiger charge is -2.27. The number of likely N-dealkylation sites (tertiary alicyclic amines) is 1. The predicted octanol–water partition coefficient (Wildman–Crippen LogP) is 5.98. The van der Waals surface area contributed by atoms with Crippen LogP contribution in [-0.4, -0.2) is 81.7 Å². The van der Waals surface area contributed by atoms with Crippen molar-refractivity contribution in [3.05, 3.63) is 102 Å². The number of rotatable bonds is 8. The van der Waals surface area contributed by atoms with Crippen molar-refractivity contribution in [1.82, 2.24) is 35.5 Å². The highest BCUT2D eigenvalue weighted by Gasteiger charge is 2.43. The Balaban J connectivity index is 0.971. The smallest absolute Gasteiger partial charge is 0.407 e. The van der Waals surface area contributed by atoms with Crippen LogP contribution in [0.15, 0.2) is 73.1 Å². The minimum Gasteiger partial charge on any atom is -0.453 e. The molecule has 5 heterocycles. The maximum Gasteiger partial charge on any atom is 0.407 e. The molecule has 2 aromatic heterocycles. The number of halogens is 1. The molecule has 3 aliphatic rings. The Hall–Kier alpha value is -6.51. The molecule has 1 saturated heterocycles. The van der Waals surface area contributed by atoms with Crippen LogP contribution in [0.4, 0.5) is 19.7 Å². The second-order valence-corrected chi connectivity index (χ2v) is 14.3. The van der Waals surface area contributed by atoms with Gasteiger partial charge >= 0.3 is 12.2 Å². The van der Waals surface area contributed by atoms with Crippen molar-refractivity contribution in [2.24, 2.45) is 0 Å². The van der Waals surface area contributed by atoms with Crippen LogP contribution in [0.3, 0.4) is 0 Å². The Bertz CT molecular complexity index is 2320. The summed E-state index contributed by atoms with van der Waals surface area (Å²) in [6.07, 6.45) is 5.12. The Morgan fingerprint density at radius 1 is 0.857 bits per heavy atom. The number of hydrogen-bond donors (Lipinski definition) is 4. The third-order valence-corrected chi connectivity index (χ3v) is 10.9. The molecule has 4 amide bonds. The van der Waals surface area contributed by atoms with E-state index in [2.05, 4.69) is 35.3 Å². The number of amides is 4. The van der Waals surface area contributed by atoms with E-state index in [1.165, 1.54) is 20.3 Å². The minimum atomic E-state index is -0.762. The number of aromatic nitrogens is 4. The van der Waals surface area contributed by atoms with Crippen LogP contribution >= 0.6 is 0 Å². The molecule has 1 unspecified atom stereocenters. The SMILES string of the molecule is COC(=O)NC(C)C(=O)N1CCC[C@H]1c1ncc(-c2ccc(-c3ccc(-c4cnc([C@@H]5Cc6cccc7c6N5C(=O)[C@@H](NC(=O)OC)CC7)[nH]4)c(F)c3)cc2)[nH]1. The van der Waals surface area contributed by atoms with Crippen molar-refractivity contribution < 1.29 is 33.0 Å². The molecular formula is C41H41FN8O6. The number of H-pyrrole nitrogens is 2. The number of aromatic amines is 2. The lowest BCUT2D eigenvalue weighted by atomic mass is 10.0. The lowest BCUT2D eigenvalue weighted by molar-refractivity contribution is -0.134. The van der Waals surface area contributed by atoms with E-state index in [4.69, 9.17) is 4.74 Å². The highest BCUT2D eigenvalue weighted by molar-refractivity contribution is 6.02. The molecule has 3 aromatic carbocycles. The Labute approximate surface area is 321 Å². The molecule has 4 N–H and O–H groups in total.